The first-order valence-electron chi connectivity index (χ1n) is 6.43. The van der Waals surface area contributed by atoms with Gasteiger partial charge in [-0.15, -0.1) is 0 Å². The minimum absolute atomic E-state index is 0.0198. The van der Waals surface area contributed by atoms with Gasteiger partial charge in [0.25, 0.3) is 0 Å². The quantitative estimate of drug-likeness (QED) is 0.694. The zero-order valence-electron chi connectivity index (χ0n) is 12.1. The van der Waals surface area contributed by atoms with E-state index in [1.165, 1.54) is 18.4 Å². The Morgan fingerprint density at radius 1 is 1.35 bits per heavy atom. The summed E-state index contributed by atoms with van der Waals surface area (Å²) in [5.41, 5.74) is 0.679. The molecule has 0 unspecified atom stereocenters. The number of nitrogens with zero attached hydrogens (tertiary/aromatic N) is 1. The molecule has 0 spiro atoms. The van der Waals surface area contributed by atoms with Gasteiger partial charge in [0.1, 0.15) is 0 Å². The SMILES string of the molecule is CCOc1cccc(CNCCS(=O)(=O)N(C)C)c1O. The van der Waals surface area contributed by atoms with Crippen LogP contribution in [-0.2, 0) is 16.6 Å². The zero-order valence-corrected chi connectivity index (χ0v) is 12.9. The molecule has 0 aromatic heterocycles. The highest BCUT2D eigenvalue weighted by Gasteiger charge is 2.13. The maximum absolute atomic E-state index is 11.6. The highest BCUT2D eigenvalue weighted by atomic mass is 32.2. The lowest BCUT2D eigenvalue weighted by atomic mass is 10.2. The number of aromatic hydroxyl groups is 1. The van der Waals surface area contributed by atoms with E-state index < -0.39 is 10.0 Å². The van der Waals surface area contributed by atoms with Crippen LogP contribution in [0.25, 0.3) is 0 Å². The number of rotatable bonds is 8. The van der Waals surface area contributed by atoms with E-state index in [9.17, 15) is 13.5 Å². The predicted molar refractivity (Wildman–Crippen MR) is 78.5 cm³/mol. The summed E-state index contributed by atoms with van der Waals surface area (Å²) >= 11 is 0. The molecule has 0 aliphatic heterocycles. The zero-order chi connectivity index (χ0) is 15.2. The average Bonchev–Trinajstić information content (AvgIpc) is 2.38. The molecule has 2 N–H and O–H groups in total. The van der Waals surface area contributed by atoms with Crippen LogP contribution in [-0.4, -0.2) is 50.8 Å². The maximum Gasteiger partial charge on any atom is 0.214 e. The predicted octanol–water partition coefficient (Wildman–Crippen LogP) is 0.772. The highest BCUT2D eigenvalue weighted by molar-refractivity contribution is 7.89. The van der Waals surface area contributed by atoms with Gasteiger partial charge in [0.05, 0.1) is 12.4 Å². The molecule has 1 aromatic rings. The Kier molecular flexibility index (Phi) is 6.25. The number of sulfonamides is 1. The fourth-order valence-corrected chi connectivity index (χ4v) is 2.36. The first kappa shape index (κ1) is 16.7. The summed E-state index contributed by atoms with van der Waals surface area (Å²) in [5.74, 6) is 0.552. The number of nitrogens with one attached hydrogen (secondary N) is 1. The Hall–Kier alpha value is -1.31. The summed E-state index contributed by atoms with van der Waals surface area (Å²) in [6.07, 6.45) is 0. The van der Waals surface area contributed by atoms with Crippen LogP contribution in [0.3, 0.4) is 0 Å². The van der Waals surface area contributed by atoms with E-state index in [0.717, 1.165) is 0 Å². The van der Waals surface area contributed by atoms with Crippen LogP contribution in [0.1, 0.15) is 12.5 Å². The first-order valence-corrected chi connectivity index (χ1v) is 8.04. The van der Waals surface area contributed by atoms with Crippen LogP contribution >= 0.6 is 0 Å². The Balaban J connectivity index is 2.53. The lowest BCUT2D eigenvalue weighted by Crippen LogP contribution is -2.31. The molecule has 0 aliphatic carbocycles. The molecule has 0 fully saturated rings. The third kappa shape index (κ3) is 4.66. The second-order valence-corrected chi connectivity index (χ2v) is 6.77. The molecule has 0 amide bonds. The van der Waals surface area contributed by atoms with Crippen molar-refractivity contribution in [1.82, 2.24) is 9.62 Å². The second kappa shape index (κ2) is 7.47. The fourth-order valence-electron chi connectivity index (χ4n) is 1.59. The van der Waals surface area contributed by atoms with Crippen molar-refractivity contribution in [2.75, 3.05) is 33.0 Å². The number of hydrogen-bond acceptors (Lipinski definition) is 5. The molecule has 0 heterocycles. The van der Waals surface area contributed by atoms with E-state index in [0.29, 0.717) is 31.0 Å². The third-order valence-electron chi connectivity index (χ3n) is 2.79. The molecule has 1 rings (SSSR count). The maximum atomic E-state index is 11.6. The smallest absolute Gasteiger partial charge is 0.214 e. The number of phenolic OH excluding ortho intramolecular Hbond substituents is 1. The largest absolute Gasteiger partial charge is 0.504 e. The highest BCUT2D eigenvalue weighted by Crippen LogP contribution is 2.29. The van der Waals surface area contributed by atoms with Crippen LogP contribution in [0.2, 0.25) is 0 Å². The van der Waals surface area contributed by atoms with E-state index in [1.54, 1.807) is 18.2 Å². The second-order valence-electron chi connectivity index (χ2n) is 4.47. The van der Waals surface area contributed by atoms with Crippen molar-refractivity contribution >= 4 is 10.0 Å². The normalized spacial score (nSPS) is 11.8. The summed E-state index contributed by atoms with van der Waals surface area (Å²) in [7, 11) is -0.183. The number of benzene rings is 1. The van der Waals surface area contributed by atoms with Crippen LogP contribution in [0.15, 0.2) is 18.2 Å². The van der Waals surface area contributed by atoms with E-state index in [4.69, 9.17) is 4.74 Å². The van der Waals surface area contributed by atoms with Gasteiger partial charge in [-0.1, -0.05) is 12.1 Å². The molecule has 0 bridgehead atoms. The van der Waals surface area contributed by atoms with Crippen molar-refractivity contribution in [3.63, 3.8) is 0 Å². The number of ether oxygens (including phenoxy) is 1. The topological polar surface area (TPSA) is 78.9 Å². The van der Waals surface area contributed by atoms with Gasteiger partial charge in [0, 0.05) is 32.7 Å². The van der Waals surface area contributed by atoms with Crippen molar-refractivity contribution in [2.45, 2.75) is 13.5 Å². The molecule has 0 aliphatic rings. The summed E-state index contributed by atoms with van der Waals surface area (Å²) < 4.78 is 29.6. The van der Waals surface area contributed by atoms with Crippen molar-refractivity contribution in [3.8, 4) is 11.5 Å². The number of phenols is 1. The van der Waals surface area contributed by atoms with E-state index in [2.05, 4.69) is 5.32 Å². The summed E-state index contributed by atoms with van der Waals surface area (Å²) in [4.78, 5) is 0. The molecule has 0 saturated carbocycles. The van der Waals surface area contributed by atoms with E-state index in [1.807, 2.05) is 6.92 Å². The summed E-state index contributed by atoms with van der Waals surface area (Å²) in [6.45, 7) is 3.02. The Morgan fingerprint density at radius 2 is 2.05 bits per heavy atom. The monoisotopic (exact) mass is 302 g/mol. The molecule has 114 valence electrons. The van der Waals surface area contributed by atoms with E-state index >= 15 is 0 Å². The first-order chi connectivity index (χ1) is 9.38. The molecule has 0 saturated heterocycles. The van der Waals surface area contributed by atoms with Gasteiger partial charge in [-0.2, -0.15) is 0 Å². The number of para-hydroxylation sites is 1. The van der Waals surface area contributed by atoms with Gasteiger partial charge in [-0.05, 0) is 13.0 Å². The third-order valence-corrected chi connectivity index (χ3v) is 4.62. The minimum Gasteiger partial charge on any atom is -0.504 e. The van der Waals surface area contributed by atoms with Gasteiger partial charge >= 0.3 is 0 Å². The lowest BCUT2D eigenvalue weighted by Gasteiger charge is -2.13. The molecule has 1 aromatic carbocycles. The minimum atomic E-state index is -3.20. The summed E-state index contributed by atoms with van der Waals surface area (Å²) in [5, 5.41) is 13.0. The van der Waals surface area contributed by atoms with E-state index in [-0.39, 0.29) is 11.5 Å². The Labute approximate surface area is 120 Å². The molecule has 0 radical (unpaired) electrons. The molecule has 0 atom stereocenters. The molecular formula is C13H22N2O4S. The summed E-state index contributed by atoms with van der Waals surface area (Å²) in [6, 6.07) is 5.25. The van der Waals surface area contributed by atoms with Gasteiger partial charge in [-0.3, -0.25) is 0 Å². The number of hydrogen-bond donors (Lipinski definition) is 2. The molecule has 6 nitrogen and oxygen atoms in total. The fraction of sp³-hybridized carbons (Fsp3) is 0.538. The van der Waals surface area contributed by atoms with Crippen LogP contribution in [0, 0.1) is 0 Å². The van der Waals surface area contributed by atoms with Crippen molar-refractivity contribution in [2.24, 2.45) is 0 Å². The van der Waals surface area contributed by atoms with Crippen molar-refractivity contribution in [3.05, 3.63) is 23.8 Å². The standard InChI is InChI=1S/C13H22N2O4S/c1-4-19-12-7-5-6-11(13(12)16)10-14-8-9-20(17,18)15(2)3/h5-7,14,16H,4,8-10H2,1-3H3. The van der Waals surface area contributed by atoms with Crippen molar-refractivity contribution in [1.29, 1.82) is 0 Å². The molecular weight excluding hydrogens is 280 g/mol. The molecule has 7 heteroatoms. The Bertz CT molecular complexity index is 529. The van der Waals surface area contributed by atoms with Crippen molar-refractivity contribution < 1.29 is 18.3 Å². The average molecular weight is 302 g/mol. The lowest BCUT2D eigenvalue weighted by molar-refractivity contribution is 0.316. The van der Waals surface area contributed by atoms with Gasteiger partial charge in [0.2, 0.25) is 10.0 Å². The van der Waals surface area contributed by atoms with Crippen LogP contribution in [0.4, 0.5) is 0 Å². The van der Waals surface area contributed by atoms with Crippen LogP contribution in [0.5, 0.6) is 11.5 Å². The van der Waals surface area contributed by atoms with Gasteiger partial charge in [-0.25, -0.2) is 12.7 Å². The molecule has 20 heavy (non-hydrogen) atoms. The van der Waals surface area contributed by atoms with Gasteiger partial charge < -0.3 is 15.2 Å². The van der Waals surface area contributed by atoms with Crippen LogP contribution < -0.4 is 10.1 Å². The van der Waals surface area contributed by atoms with Gasteiger partial charge in [0.15, 0.2) is 11.5 Å². The Morgan fingerprint density at radius 3 is 2.65 bits per heavy atom.